The number of piperidine rings is 1. The molecule has 0 aromatic carbocycles. The standard InChI is InChI=1S/C18H22N4O2S/c1-3-14-6-4-5-8-20(14)16(23)11-21-17(24)15-10-13-7-9-25-18(13)22(15)12(2)19-21/h7,9-10,14H,3-6,8,11H2,1-2H3/t14-/m1/s1. The van der Waals surface area contributed by atoms with E-state index in [1.807, 2.05) is 33.7 Å². The number of likely N-dealkylation sites (tertiary alicyclic amines) is 1. The summed E-state index contributed by atoms with van der Waals surface area (Å²) in [6.45, 7) is 4.80. The molecular formula is C18H22N4O2S. The van der Waals surface area contributed by atoms with Gasteiger partial charge in [-0.15, -0.1) is 11.3 Å². The van der Waals surface area contributed by atoms with E-state index in [-0.39, 0.29) is 18.0 Å². The molecule has 1 atom stereocenters. The molecule has 0 aliphatic carbocycles. The fourth-order valence-electron chi connectivity index (χ4n) is 3.88. The summed E-state index contributed by atoms with van der Waals surface area (Å²) in [6, 6.07) is 4.18. The minimum atomic E-state index is -0.201. The van der Waals surface area contributed by atoms with Crippen molar-refractivity contribution in [3.05, 3.63) is 33.7 Å². The fourth-order valence-corrected chi connectivity index (χ4v) is 4.82. The number of thiophene rings is 1. The molecule has 0 radical (unpaired) electrons. The highest BCUT2D eigenvalue weighted by Gasteiger charge is 2.26. The van der Waals surface area contributed by atoms with E-state index < -0.39 is 0 Å². The van der Waals surface area contributed by atoms with Gasteiger partial charge in [-0.1, -0.05) is 6.92 Å². The highest BCUT2D eigenvalue weighted by Crippen LogP contribution is 2.24. The molecule has 1 aliphatic heterocycles. The summed E-state index contributed by atoms with van der Waals surface area (Å²) >= 11 is 1.59. The number of hydrogen-bond donors (Lipinski definition) is 0. The average Bonchev–Trinajstić information content (AvgIpc) is 3.20. The Balaban J connectivity index is 1.70. The first kappa shape index (κ1) is 16.3. The molecule has 1 aliphatic rings. The van der Waals surface area contributed by atoms with Crippen molar-refractivity contribution in [3.8, 4) is 0 Å². The van der Waals surface area contributed by atoms with E-state index in [2.05, 4.69) is 12.0 Å². The van der Waals surface area contributed by atoms with Gasteiger partial charge in [0.15, 0.2) is 0 Å². The lowest BCUT2D eigenvalue weighted by Gasteiger charge is -2.35. The van der Waals surface area contributed by atoms with Crippen LogP contribution in [0.4, 0.5) is 0 Å². The second-order valence-electron chi connectivity index (χ2n) is 6.70. The Labute approximate surface area is 149 Å². The third-order valence-electron chi connectivity index (χ3n) is 5.16. The Morgan fingerprint density at radius 3 is 3.04 bits per heavy atom. The number of carbonyl (C=O) groups excluding carboxylic acids is 1. The summed E-state index contributed by atoms with van der Waals surface area (Å²) < 4.78 is 3.22. The zero-order valence-electron chi connectivity index (χ0n) is 14.6. The molecule has 1 fully saturated rings. The number of hydrogen-bond acceptors (Lipinski definition) is 4. The Kier molecular flexibility index (Phi) is 4.11. The van der Waals surface area contributed by atoms with Crippen molar-refractivity contribution >= 4 is 33.0 Å². The van der Waals surface area contributed by atoms with Crippen LogP contribution in [0.2, 0.25) is 0 Å². The summed E-state index contributed by atoms with van der Waals surface area (Å²) in [5, 5.41) is 7.46. The van der Waals surface area contributed by atoms with Gasteiger partial charge in [0.25, 0.3) is 5.56 Å². The van der Waals surface area contributed by atoms with E-state index in [4.69, 9.17) is 0 Å². The monoisotopic (exact) mass is 358 g/mol. The van der Waals surface area contributed by atoms with Gasteiger partial charge in [-0.2, -0.15) is 5.10 Å². The molecule has 0 saturated carbocycles. The quantitative estimate of drug-likeness (QED) is 0.723. The zero-order valence-corrected chi connectivity index (χ0v) is 15.4. The van der Waals surface area contributed by atoms with Crippen molar-refractivity contribution < 1.29 is 4.79 Å². The van der Waals surface area contributed by atoms with Crippen molar-refractivity contribution in [2.24, 2.45) is 0 Å². The van der Waals surface area contributed by atoms with Crippen LogP contribution in [0.15, 0.2) is 22.3 Å². The molecule has 1 amide bonds. The maximum absolute atomic E-state index is 12.8. The number of aromatic nitrogens is 3. The van der Waals surface area contributed by atoms with E-state index in [0.717, 1.165) is 41.8 Å². The van der Waals surface area contributed by atoms with Gasteiger partial charge in [0.2, 0.25) is 5.91 Å². The molecule has 132 valence electrons. The molecule has 3 aromatic heterocycles. The van der Waals surface area contributed by atoms with Gasteiger partial charge < -0.3 is 4.90 Å². The number of amides is 1. The summed E-state index contributed by atoms with van der Waals surface area (Å²) in [5.74, 6) is 0.726. The van der Waals surface area contributed by atoms with Gasteiger partial charge in [0, 0.05) is 18.0 Å². The second-order valence-corrected chi connectivity index (χ2v) is 7.60. The van der Waals surface area contributed by atoms with Crippen LogP contribution in [0.3, 0.4) is 0 Å². The van der Waals surface area contributed by atoms with Gasteiger partial charge in [0.1, 0.15) is 22.7 Å². The fraction of sp³-hybridized carbons (Fsp3) is 0.500. The first-order chi connectivity index (χ1) is 12.1. The summed E-state index contributed by atoms with van der Waals surface area (Å²) in [6.07, 6.45) is 4.22. The van der Waals surface area contributed by atoms with Gasteiger partial charge in [-0.05, 0) is 50.1 Å². The van der Waals surface area contributed by atoms with Crippen LogP contribution < -0.4 is 5.56 Å². The Hall–Kier alpha value is -2.15. The maximum Gasteiger partial charge on any atom is 0.291 e. The number of fused-ring (bicyclic) bond motifs is 3. The molecule has 0 N–H and O–H groups in total. The first-order valence-corrected chi connectivity index (χ1v) is 9.74. The molecule has 7 heteroatoms. The Morgan fingerprint density at radius 1 is 1.40 bits per heavy atom. The van der Waals surface area contributed by atoms with Crippen LogP contribution in [-0.2, 0) is 11.3 Å². The average molecular weight is 358 g/mol. The third kappa shape index (κ3) is 2.66. The van der Waals surface area contributed by atoms with E-state index in [1.54, 1.807) is 11.3 Å². The van der Waals surface area contributed by atoms with Crippen LogP contribution in [0.5, 0.6) is 0 Å². The van der Waals surface area contributed by atoms with Crippen LogP contribution in [0.25, 0.3) is 15.7 Å². The number of nitrogens with zero attached hydrogens (tertiary/aromatic N) is 4. The lowest BCUT2D eigenvalue weighted by atomic mass is 10.00. The van der Waals surface area contributed by atoms with Gasteiger partial charge >= 0.3 is 0 Å². The topological polar surface area (TPSA) is 59.6 Å². The summed E-state index contributed by atoms with van der Waals surface area (Å²) in [7, 11) is 0. The number of carbonyl (C=O) groups is 1. The van der Waals surface area contributed by atoms with Crippen molar-refractivity contribution in [2.45, 2.75) is 52.1 Å². The van der Waals surface area contributed by atoms with E-state index >= 15 is 0 Å². The smallest absolute Gasteiger partial charge is 0.291 e. The predicted molar refractivity (Wildman–Crippen MR) is 99.2 cm³/mol. The molecule has 0 spiro atoms. The molecule has 3 aromatic rings. The minimum absolute atomic E-state index is 0.00160. The molecule has 6 nitrogen and oxygen atoms in total. The largest absolute Gasteiger partial charge is 0.338 e. The van der Waals surface area contributed by atoms with Crippen LogP contribution >= 0.6 is 11.3 Å². The predicted octanol–water partition coefficient (Wildman–Crippen LogP) is 2.81. The minimum Gasteiger partial charge on any atom is -0.338 e. The lowest BCUT2D eigenvalue weighted by molar-refractivity contribution is -0.135. The molecule has 0 unspecified atom stereocenters. The highest BCUT2D eigenvalue weighted by atomic mass is 32.1. The number of rotatable bonds is 3. The van der Waals surface area contributed by atoms with E-state index in [1.165, 1.54) is 11.1 Å². The summed E-state index contributed by atoms with van der Waals surface area (Å²) in [5.41, 5.74) is 0.389. The SMILES string of the molecule is CC[C@@H]1CCCCN1C(=O)Cn1nc(C)n2c(cc3ccsc32)c1=O. The maximum atomic E-state index is 12.8. The lowest BCUT2D eigenvalue weighted by Crippen LogP contribution is -2.46. The van der Waals surface area contributed by atoms with Crippen molar-refractivity contribution in [1.29, 1.82) is 0 Å². The molecule has 1 saturated heterocycles. The number of aryl methyl sites for hydroxylation is 1. The normalized spacial score (nSPS) is 18.3. The van der Waals surface area contributed by atoms with E-state index in [0.29, 0.717) is 11.6 Å². The van der Waals surface area contributed by atoms with Gasteiger partial charge in [0.05, 0.1) is 0 Å². The molecule has 0 bridgehead atoms. The van der Waals surface area contributed by atoms with Crippen LogP contribution in [0.1, 0.15) is 38.4 Å². The van der Waals surface area contributed by atoms with Crippen molar-refractivity contribution in [1.82, 2.24) is 19.1 Å². The highest BCUT2D eigenvalue weighted by molar-refractivity contribution is 7.16. The Morgan fingerprint density at radius 2 is 2.24 bits per heavy atom. The van der Waals surface area contributed by atoms with Gasteiger partial charge in [-0.3, -0.25) is 14.0 Å². The first-order valence-electron chi connectivity index (χ1n) is 8.86. The molecule has 4 heterocycles. The molecule has 4 rings (SSSR count). The van der Waals surface area contributed by atoms with Crippen LogP contribution in [0, 0.1) is 6.92 Å². The molecular weight excluding hydrogens is 336 g/mol. The summed E-state index contributed by atoms with van der Waals surface area (Å²) in [4.78, 5) is 28.6. The van der Waals surface area contributed by atoms with Crippen molar-refractivity contribution in [3.63, 3.8) is 0 Å². The van der Waals surface area contributed by atoms with Gasteiger partial charge in [-0.25, -0.2) is 4.68 Å². The van der Waals surface area contributed by atoms with Crippen molar-refractivity contribution in [2.75, 3.05) is 6.54 Å². The zero-order chi connectivity index (χ0) is 17.6. The molecule has 25 heavy (non-hydrogen) atoms. The van der Waals surface area contributed by atoms with E-state index in [9.17, 15) is 9.59 Å². The van der Waals surface area contributed by atoms with Crippen LogP contribution in [-0.4, -0.2) is 37.6 Å². The second kappa shape index (κ2) is 6.29. The third-order valence-corrected chi connectivity index (χ3v) is 6.07. The Bertz CT molecular complexity index is 1000.